The summed E-state index contributed by atoms with van der Waals surface area (Å²) >= 11 is 0. The summed E-state index contributed by atoms with van der Waals surface area (Å²) in [7, 11) is 0. The predicted octanol–water partition coefficient (Wildman–Crippen LogP) is 4.02. The highest BCUT2D eigenvalue weighted by Gasteiger charge is 2.55. The molecular weight excluding hydrogens is 547 g/mol. The summed E-state index contributed by atoms with van der Waals surface area (Å²) in [6, 6.07) is 14.2. The molecule has 0 spiro atoms. The normalized spacial score (nSPS) is 16.5. The maximum absolute atomic E-state index is 14.7. The van der Waals surface area contributed by atoms with Crippen LogP contribution in [0.2, 0.25) is 0 Å². The third-order valence-electron chi connectivity index (χ3n) is 7.48. The lowest BCUT2D eigenvalue weighted by Gasteiger charge is -2.26. The van der Waals surface area contributed by atoms with Gasteiger partial charge in [-0.1, -0.05) is 62.1 Å². The molecule has 0 fully saturated rings. The zero-order valence-corrected chi connectivity index (χ0v) is 23.6. The summed E-state index contributed by atoms with van der Waals surface area (Å²) in [5.74, 6) is 4.25. The molecule has 0 bridgehead atoms. The van der Waals surface area contributed by atoms with E-state index in [1.807, 2.05) is 30.9 Å². The Morgan fingerprint density at radius 1 is 1.07 bits per heavy atom. The molecule has 42 heavy (non-hydrogen) atoms. The first-order valence-corrected chi connectivity index (χ1v) is 13.9. The molecule has 1 aliphatic rings. The SMILES string of the molecule is CCN(CC)CCN1C(=O)C(O)(c2ccc3ccccc3c2)c2c1cc(C#CCCC(=O)NCCO)cc2C(F)(F)F. The number of likely N-dealkylation sites (N-methyl/N-ethyl adjacent to an activating group) is 1. The van der Waals surface area contributed by atoms with Gasteiger partial charge in [0.05, 0.1) is 17.9 Å². The van der Waals surface area contributed by atoms with Gasteiger partial charge in [0, 0.05) is 43.6 Å². The van der Waals surface area contributed by atoms with Crippen LogP contribution in [0.15, 0.2) is 54.6 Å². The molecule has 1 heterocycles. The van der Waals surface area contributed by atoms with Gasteiger partial charge in [-0.2, -0.15) is 13.2 Å². The smallest absolute Gasteiger partial charge is 0.395 e. The van der Waals surface area contributed by atoms with Crippen molar-refractivity contribution >= 4 is 28.3 Å². The highest BCUT2D eigenvalue weighted by atomic mass is 19.4. The lowest BCUT2D eigenvalue weighted by molar-refractivity contribution is -0.142. The van der Waals surface area contributed by atoms with Crippen molar-refractivity contribution < 1.29 is 33.0 Å². The van der Waals surface area contributed by atoms with Crippen LogP contribution >= 0.6 is 0 Å². The Hall–Kier alpha value is -3.91. The molecule has 1 aliphatic heterocycles. The van der Waals surface area contributed by atoms with Gasteiger partial charge in [0.15, 0.2) is 5.60 Å². The van der Waals surface area contributed by atoms with Gasteiger partial charge < -0.3 is 25.3 Å². The molecule has 0 radical (unpaired) electrons. The van der Waals surface area contributed by atoms with Crippen LogP contribution in [0.3, 0.4) is 0 Å². The van der Waals surface area contributed by atoms with Crippen LogP contribution in [-0.2, 0) is 21.4 Å². The van der Waals surface area contributed by atoms with E-state index in [1.165, 1.54) is 17.0 Å². The summed E-state index contributed by atoms with van der Waals surface area (Å²) < 4.78 is 44.0. The molecule has 0 saturated heterocycles. The molecule has 7 nitrogen and oxygen atoms in total. The number of benzene rings is 3. The maximum atomic E-state index is 14.7. The number of rotatable bonds is 10. The number of fused-ring (bicyclic) bond motifs is 2. The molecule has 222 valence electrons. The molecule has 1 unspecified atom stereocenters. The van der Waals surface area contributed by atoms with Crippen LogP contribution in [0.5, 0.6) is 0 Å². The van der Waals surface area contributed by atoms with E-state index in [-0.39, 0.29) is 55.3 Å². The molecular formula is C32H34F3N3O4. The number of anilines is 1. The van der Waals surface area contributed by atoms with Gasteiger partial charge in [0.2, 0.25) is 5.91 Å². The molecule has 3 aromatic carbocycles. The number of amides is 2. The van der Waals surface area contributed by atoms with Crippen LogP contribution in [-0.4, -0.2) is 66.3 Å². The zero-order chi connectivity index (χ0) is 30.5. The van der Waals surface area contributed by atoms with Crippen molar-refractivity contribution in [1.82, 2.24) is 10.2 Å². The number of halogens is 3. The minimum absolute atomic E-state index is 0.0141. The molecule has 0 aliphatic carbocycles. The first-order valence-electron chi connectivity index (χ1n) is 13.9. The van der Waals surface area contributed by atoms with Crippen LogP contribution in [0.1, 0.15) is 48.9 Å². The van der Waals surface area contributed by atoms with E-state index >= 15 is 0 Å². The third-order valence-corrected chi connectivity index (χ3v) is 7.48. The number of carbonyl (C=O) groups excluding carboxylic acids is 2. The Morgan fingerprint density at radius 2 is 1.79 bits per heavy atom. The second-order valence-electron chi connectivity index (χ2n) is 10.0. The standard InChI is InChI=1S/C32H34F3N3O4/c1-3-37(4-2)16-17-38-27-20-22(9-5-8-12-28(40)36-15-18-39)19-26(32(33,34)35)29(27)31(42,30(38)41)25-14-13-23-10-6-7-11-24(23)21-25/h6-7,10-11,13-14,19-21,39,42H,3-4,8,12,15-18H2,1-2H3,(H,36,40). The largest absolute Gasteiger partial charge is 0.416 e. The van der Waals surface area contributed by atoms with Gasteiger partial charge in [0.1, 0.15) is 0 Å². The number of alkyl halides is 3. The fourth-order valence-corrected chi connectivity index (χ4v) is 5.24. The van der Waals surface area contributed by atoms with E-state index < -0.39 is 28.8 Å². The number of aliphatic hydroxyl groups excluding tert-OH is 1. The van der Waals surface area contributed by atoms with E-state index in [2.05, 4.69) is 17.2 Å². The summed E-state index contributed by atoms with van der Waals surface area (Å²) in [6.07, 6.45) is -4.80. The number of hydrogen-bond donors (Lipinski definition) is 3. The summed E-state index contributed by atoms with van der Waals surface area (Å²) in [4.78, 5) is 29.1. The molecule has 1 atom stereocenters. The van der Waals surface area contributed by atoms with Crippen LogP contribution in [0.4, 0.5) is 18.9 Å². The van der Waals surface area contributed by atoms with E-state index in [1.54, 1.807) is 24.3 Å². The minimum Gasteiger partial charge on any atom is -0.395 e. The molecule has 2 amide bonds. The first kappa shape index (κ1) is 31.0. The van der Waals surface area contributed by atoms with Gasteiger partial charge in [-0.05, 0) is 47.6 Å². The van der Waals surface area contributed by atoms with Crippen molar-refractivity contribution in [3.05, 3.63) is 76.9 Å². The summed E-state index contributed by atoms with van der Waals surface area (Å²) in [6.45, 7) is 5.64. The third kappa shape index (κ3) is 6.28. The molecule has 0 aromatic heterocycles. The lowest BCUT2D eigenvalue weighted by atomic mass is 9.83. The second kappa shape index (κ2) is 12.9. The van der Waals surface area contributed by atoms with Gasteiger partial charge in [0.25, 0.3) is 5.91 Å². The molecule has 0 saturated carbocycles. The van der Waals surface area contributed by atoms with Gasteiger partial charge in [-0.3, -0.25) is 9.59 Å². The van der Waals surface area contributed by atoms with E-state index in [9.17, 15) is 27.9 Å². The highest BCUT2D eigenvalue weighted by molar-refractivity contribution is 6.10. The van der Waals surface area contributed by atoms with Crippen molar-refractivity contribution in [2.45, 2.75) is 38.5 Å². The molecule has 10 heteroatoms. The van der Waals surface area contributed by atoms with Gasteiger partial charge in [-0.15, -0.1) is 0 Å². The second-order valence-corrected chi connectivity index (χ2v) is 10.0. The molecule has 4 rings (SSSR count). The van der Waals surface area contributed by atoms with Crippen LogP contribution in [0.25, 0.3) is 10.8 Å². The lowest BCUT2D eigenvalue weighted by Crippen LogP contribution is -2.44. The maximum Gasteiger partial charge on any atom is 0.416 e. The Balaban J connectivity index is 1.84. The topological polar surface area (TPSA) is 93.1 Å². The summed E-state index contributed by atoms with van der Waals surface area (Å²) in [5.41, 5.74) is -4.19. The minimum atomic E-state index is -4.90. The highest BCUT2D eigenvalue weighted by Crippen LogP contribution is 2.50. The monoisotopic (exact) mass is 581 g/mol. The quantitative estimate of drug-likeness (QED) is 0.315. The van der Waals surface area contributed by atoms with Crippen molar-refractivity contribution in [3.8, 4) is 11.8 Å². The Bertz CT molecular complexity index is 1520. The number of nitrogens with one attached hydrogen (secondary N) is 1. The Labute approximate surface area is 242 Å². The van der Waals surface area contributed by atoms with Crippen LogP contribution < -0.4 is 10.2 Å². The van der Waals surface area contributed by atoms with E-state index in [0.29, 0.717) is 25.0 Å². The molecule has 3 aromatic rings. The van der Waals surface area contributed by atoms with Gasteiger partial charge >= 0.3 is 6.18 Å². The summed E-state index contributed by atoms with van der Waals surface area (Å²) in [5, 5.41) is 24.9. The number of aliphatic hydroxyl groups is 2. The van der Waals surface area contributed by atoms with Crippen molar-refractivity contribution in [2.24, 2.45) is 0 Å². The zero-order valence-electron chi connectivity index (χ0n) is 23.6. The fraction of sp³-hybridized carbons (Fsp3) is 0.375. The molecule has 3 N–H and O–H groups in total. The number of carbonyl (C=O) groups is 2. The van der Waals surface area contributed by atoms with Crippen LogP contribution in [0, 0.1) is 11.8 Å². The average molecular weight is 582 g/mol. The first-order chi connectivity index (χ1) is 20.0. The van der Waals surface area contributed by atoms with E-state index in [0.717, 1.165) is 11.5 Å². The van der Waals surface area contributed by atoms with Crippen molar-refractivity contribution in [2.75, 3.05) is 44.2 Å². The van der Waals surface area contributed by atoms with Gasteiger partial charge in [-0.25, -0.2) is 0 Å². The van der Waals surface area contributed by atoms with Crippen molar-refractivity contribution in [3.63, 3.8) is 0 Å². The predicted molar refractivity (Wildman–Crippen MR) is 155 cm³/mol. The number of nitrogens with zero attached hydrogens (tertiary/aromatic N) is 2. The van der Waals surface area contributed by atoms with Crippen molar-refractivity contribution in [1.29, 1.82) is 0 Å². The fourth-order valence-electron chi connectivity index (χ4n) is 5.24. The Kier molecular flexibility index (Phi) is 9.57. The number of hydrogen-bond acceptors (Lipinski definition) is 5. The average Bonchev–Trinajstić information content (AvgIpc) is 3.19. The Morgan fingerprint density at radius 3 is 2.45 bits per heavy atom. The van der Waals surface area contributed by atoms with E-state index in [4.69, 9.17) is 5.11 Å².